The molecular weight excluding hydrogens is 521 g/mol. The molecule has 3 rings (SSSR count). The van der Waals surface area contributed by atoms with E-state index in [-0.39, 0.29) is 17.3 Å². The number of alkyl halides is 3. The highest BCUT2D eigenvalue weighted by Crippen LogP contribution is 2.36. The van der Waals surface area contributed by atoms with Crippen LogP contribution in [0.15, 0.2) is 72.9 Å². The predicted molar refractivity (Wildman–Crippen MR) is 141 cm³/mol. The number of halogens is 4. The number of carbonyl (C=O) groups excluding carboxylic acids is 2. The van der Waals surface area contributed by atoms with E-state index in [0.29, 0.717) is 23.7 Å². The Labute approximate surface area is 223 Å². The molecule has 0 atom stereocenters. The quantitative estimate of drug-likeness (QED) is 0.180. The third-order valence-corrected chi connectivity index (χ3v) is 5.49. The molecule has 7 nitrogen and oxygen atoms in total. The average Bonchev–Trinajstić information content (AvgIpc) is 2.85. The second-order valence-corrected chi connectivity index (χ2v) is 8.85. The number of hydrogen-bond acceptors (Lipinski definition) is 4. The van der Waals surface area contributed by atoms with Gasteiger partial charge in [0.05, 0.1) is 10.6 Å². The van der Waals surface area contributed by atoms with Crippen LogP contribution in [0, 0.1) is 0 Å². The van der Waals surface area contributed by atoms with Gasteiger partial charge in [0.15, 0.2) is 0 Å². The maximum Gasteiger partial charge on any atom is 0.417 e. The van der Waals surface area contributed by atoms with E-state index >= 15 is 0 Å². The zero-order valence-corrected chi connectivity index (χ0v) is 21.2. The molecule has 0 unspecified atom stereocenters. The Morgan fingerprint density at radius 3 is 2.34 bits per heavy atom. The van der Waals surface area contributed by atoms with Gasteiger partial charge in [-0.15, -0.1) is 6.58 Å². The van der Waals surface area contributed by atoms with Crippen LogP contribution in [0.25, 0.3) is 0 Å². The van der Waals surface area contributed by atoms with E-state index in [2.05, 4.69) is 27.5 Å². The van der Waals surface area contributed by atoms with Gasteiger partial charge in [-0.1, -0.05) is 17.2 Å². The van der Waals surface area contributed by atoms with Crippen LogP contribution >= 0.6 is 11.6 Å². The van der Waals surface area contributed by atoms with E-state index in [1.54, 1.807) is 30.3 Å². The molecule has 0 aliphatic rings. The summed E-state index contributed by atoms with van der Waals surface area (Å²) in [6.07, 6.45) is -0.487. The van der Waals surface area contributed by atoms with Crippen LogP contribution in [0.5, 0.6) is 11.5 Å². The number of rotatable bonds is 10. The van der Waals surface area contributed by atoms with Crippen molar-refractivity contribution < 1.29 is 27.5 Å². The Morgan fingerprint density at radius 1 is 0.974 bits per heavy atom. The van der Waals surface area contributed by atoms with E-state index in [0.717, 1.165) is 37.0 Å². The summed E-state index contributed by atoms with van der Waals surface area (Å²) in [5, 5.41) is 7.23. The third kappa shape index (κ3) is 8.81. The first kappa shape index (κ1) is 28.5. The Balaban J connectivity index is 1.53. The molecule has 0 aliphatic carbocycles. The summed E-state index contributed by atoms with van der Waals surface area (Å²) in [6, 6.07) is 11.7. The molecule has 0 radical (unpaired) electrons. The fourth-order valence-electron chi connectivity index (χ4n) is 3.30. The molecule has 0 fully saturated rings. The number of pyridine rings is 1. The van der Waals surface area contributed by atoms with Crippen molar-refractivity contribution in [1.82, 2.24) is 10.3 Å². The van der Waals surface area contributed by atoms with Gasteiger partial charge in [-0.3, -0.25) is 9.78 Å². The van der Waals surface area contributed by atoms with Crippen molar-refractivity contribution in [2.75, 3.05) is 17.2 Å². The molecule has 0 spiro atoms. The molecule has 0 saturated heterocycles. The number of nitrogens with one attached hydrogen (secondary N) is 3. The smallest absolute Gasteiger partial charge is 0.417 e. The lowest BCUT2D eigenvalue weighted by molar-refractivity contribution is -0.137. The number of hydrogen-bond donors (Lipinski definition) is 3. The van der Waals surface area contributed by atoms with Crippen LogP contribution in [-0.2, 0) is 6.18 Å². The van der Waals surface area contributed by atoms with Crippen molar-refractivity contribution in [2.45, 2.75) is 32.4 Å². The minimum atomic E-state index is -4.65. The molecule has 0 bridgehead atoms. The molecule has 2 aromatic carbocycles. The molecule has 3 amide bonds. The van der Waals surface area contributed by atoms with Crippen molar-refractivity contribution >= 4 is 34.9 Å². The first-order chi connectivity index (χ1) is 18.0. The van der Waals surface area contributed by atoms with Crippen LogP contribution < -0.4 is 20.7 Å². The van der Waals surface area contributed by atoms with Gasteiger partial charge in [0.1, 0.15) is 17.2 Å². The van der Waals surface area contributed by atoms with Gasteiger partial charge in [0.2, 0.25) is 0 Å². The number of nitrogens with zero attached hydrogens (tertiary/aromatic N) is 1. The maximum absolute atomic E-state index is 13.0. The van der Waals surface area contributed by atoms with Crippen molar-refractivity contribution in [2.24, 2.45) is 0 Å². The molecule has 1 heterocycles. The second kappa shape index (κ2) is 13.0. The molecule has 1 aromatic heterocycles. The van der Waals surface area contributed by atoms with Gasteiger partial charge in [0, 0.05) is 30.2 Å². The largest absolute Gasteiger partial charge is 0.457 e. The lowest BCUT2D eigenvalue weighted by Crippen LogP contribution is -2.25. The number of ether oxygens (including phenoxy) is 1. The number of benzene rings is 2. The number of anilines is 2. The predicted octanol–water partition coefficient (Wildman–Crippen LogP) is 7.67. The number of unbranched alkanes of at least 4 members (excludes halogenated alkanes) is 1. The molecule has 0 aliphatic heterocycles. The van der Waals surface area contributed by atoms with Crippen LogP contribution in [0.1, 0.15) is 42.2 Å². The van der Waals surface area contributed by atoms with Crippen molar-refractivity contribution in [3.8, 4) is 11.5 Å². The zero-order chi connectivity index (χ0) is 27.7. The average molecular weight is 547 g/mol. The number of carbonyl (C=O) groups is 2. The number of aromatic nitrogens is 1. The summed E-state index contributed by atoms with van der Waals surface area (Å²) in [5.74, 6) is 0.523. The summed E-state index contributed by atoms with van der Waals surface area (Å²) in [7, 11) is 0. The highest BCUT2D eigenvalue weighted by molar-refractivity contribution is 6.31. The molecule has 0 saturated carbocycles. The maximum atomic E-state index is 13.0. The Hall–Kier alpha value is -4.05. The standard InChI is InChI=1S/C27H26ClF3N4O3/c1-17(2)5-3-4-13-33-25(36)24-16-21(12-14-32-24)38-20-9-6-18(7-10-20)34-26(37)35-19-8-11-23(28)22(15-19)27(29,30)31/h6-12,14-16H,1,3-5,13H2,2H3,(H,33,36)(H2,34,35,37). The van der Waals surface area contributed by atoms with Crippen LogP contribution in [0.3, 0.4) is 0 Å². The second-order valence-electron chi connectivity index (χ2n) is 8.44. The summed E-state index contributed by atoms with van der Waals surface area (Å²) in [5.41, 5.74) is 0.586. The lowest BCUT2D eigenvalue weighted by atomic mass is 10.1. The monoisotopic (exact) mass is 546 g/mol. The highest BCUT2D eigenvalue weighted by atomic mass is 35.5. The molecular formula is C27H26ClF3N4O3. The first-order valence-corrected chi connectivity index (χ1v) is 12.0. The van der Waals surface area contributed by atoms with Crippen LogP contribution in [-0.4, -0.2) is 23.5 Å². The molecule has 200 valence electrons. The van der Waals surface area contributed by atoms with E-state index in [9.17, 15) is 22.8 Å². The third-order valence-electron chi connectivity index (χ3n) is 5.16. The van der Waals surface area contributed by atoms with E-state index in [1.807, 2.05) is 6.92 Å². The minimum absolute atomic E-state index is 0.0661. The molecule has 38 heavy (non-hydrogen) atoms. The summed E-state index contributed by atoms with van der Waals surface area (Å²) < 4.78 is 44.8. The van der Waals surface area contributed by atoms with Gasteiger partial charge in [0.25, 0.3) is 5.91 Å². The van der Waals surface area contributed by atoms with E-state index < -0.39 is 22.8 Å². The Morgan fingerprint density at radius 2 is 1.66 bits per heavy atom. The van der Waals surface area contributed by atoms with Gasteiger partial charge < -0.3 is 20.7 Å². The number of urea groups is 1. The fourth-order valence-corrected chi connectivity index (χ4v) is 3.52. The Bertz CT molecular complexity index is 1300. The number of allylic oxidation sites excluding steroid dienone is 1. The van der Waals surface area contributed by atoms with E-state index in [1.165, 1.54) is 18.3 Å². The topological polar surface area (TPSA) is 92.4 Å². The van der Waals surface area contributed by atoms with Gasteiger partial charge in [-0.25, -0.2) is 4.79 Å². The summed E-state index contributed by atoms with van der Waals surface area (Å²) in [4.78, 5) is 28.7. The van der Waals surface area contributed by atoms with E-state index in [4.69, 9.17) is 16.3 Å². The SMILES string of the molecule is C=C(C)CCCCNC(=O)c1cc(Oc2ccc(NC(=O)Nc3ccc(Cl)c(C(F)(F)F)c3)cc2)ccn1. The van der Waals surface area contributed by atoms with Crippen molar-refractivity contribution in [3.05, 3.63) is 89.2 Å². The normalized spacial score (nSPS) is 11.0. The van der Waals surface area contributed by atoms with Crippen LogP contribution in [0.2, 0.25) is 5.02 Å². The van der Waals surface area contributed by atoms with Crippen molar-refractivity contribution in [1.29, 1.82) is 0 Å². The van der Waals surface area contributed by atoms with Gasteiger partial charge in [-0.05, 0) is 74.7 Å². The van der Waals surface area contributed by atoms with Crippen molar-refractivity contribution in [3.63, 3.8) is 0 Å². The zero-order valence-electron chi connectivity index (χ0n) is 20.5. The molecule has 3 N–H and O–H groups in total. The summed E-state index contributed by atoms with van der Waals surface area (Å²) in [6.45, 7) is 6.36. The minimum Gasteiger partial charge on any atom is -0.457 e. The Kier molecular flexibility index (Phi) is 9.72. The van der Waals surface area contributed by atoms with Crippen LogP contribution in [0.4, 0.5) is 29.3 Å². The molecule has 3 aromatic rings. The molecule has 11 heteroatoms. The highest BCUT2D eigenvalue weighted by Gasteiger charge is 2.33. The summed E-state index contributed by atoms with van der Waals surface area (Å²) >= 11 is 5.60. The fraction of sp³-hybridized carbons (Fsp3) is 0.222. The lowest BCUT2D eigenvalue weighted by Gasteiger charge is -2.12. The van der Waals surface area contributed by atoms with Gasteiger partial charge >= 0.3 is 12.2 Å². The number of amides is 3. The van der Waals surface area contributed by atoms with Gasteiger partial charge in [-0.2, -0.15) is 13.2 Å². The first-order valence-electron chi connectivity index (χ1n) is 11.6.